The van der Waals surface area contributed by atoms with E-state index in [0.29, 0.717) is 22.4 Å². The van der Waals surface area contributed by atoms with Crippen LogP contribution in [0.15, 0.2) is 71.2 Å². The van der Waals surface area contributed by atoms with Crippen LogP contribution in [0.4, 0.5) is 5.69 Å². The zero-order valence-corrected chi connectivity index (χ0v) is 23.5. The Labute approximate surface area is 240 Å². The Morgan fingerprint density at radius 1 is 0.800 bits per heavy atom. The lowest BCUT2D eigenvalue weighted by atomic mass is 9.48. The van der Waals surface area contributed by atoms with Gasteiger partial charge in [-0.25, -0.2) is 9.69 Å². The number of ketones is 1. The lowest BCUT2D eigenvalue weighted by Crippen LogP contribution is -2.48. The predicted molar refractivity (Wildman–Crippen MR) is 153 cm³/mol. The Hall–Kier alpha value is -3.58. The van der Waals surface area contributed by atoms with Gasteiger partial charge in [0.15, 0.2) is 12.4 Å². The third-order valence-electron chi connectivity index (χ3n) is 9.38. The summed E-state index contributed by atoms with van der Waals surface area (Å²) in [4.78, 5) is 53.3. The van der Waals surface area contributed by atoms with Crippen LogP contribution in [-0.4, -0.2) is 30.2 Å². The molecule has 0 aromatic heterocycles. The number of hydrogen-bond donors (Lipinski definition) is 0. The second-order valence-corrected chi connectivity index (χ2v) is 12.9. The highest BCUT2D eigenvalue weighted by atomic mass is 79.9. The van der Waals surface area contributed by atoms with E-state index in [-0.39, 0.29) is 22.7 Å². The number of carbonyl (C=O) groups is 4. The maximum atomic E-state index is 13.6. The number of hydrogen-bond acceptors (Lipinski definition) is 5. The third kappa shape index (κ3) is 4.22. The molecule has 5 aliphatic rings. The van der Waals surface area contributed by atoms with Gasteiger partial charge < -0.3 is 4.74 Å². The number of carbonyl (C=O) groups excluding carboxylic acids is 4. The predicted octanol–water partition coefficient (Wildman–Crippen LogP) is 6.76. The van der Waals surface area contributed by atoms with E-state index in [1.165, 1.54) is 50.2 Å². The molecule has 3 aromatic carbocycles. The van der Waals surface area contributed by atoms with Crippen molar-refractivity contribution in [1.29, 1.82) is 0 Å². The van der Waals surface area contributed by atoms with Gasteiger partial charge in [-0.3, -0.25) is 14.4 Å². The lowest BCUT2D eigenvalue weighted by Gasteiger charge is -2.57. The summed E-state index contributed by atoms with van der Waals surface area (Å²) in [6.45, 7) is -0.412. The largest absolute Gasteiger partial charge is 0.454 e. The van der Waals surface area contributed by atoms with Gasteiger partial charge in [-0.2, -0.15) is 0 Å². The molecule has 0 unspecified atom stereocenters. The van der Waals surface area contributed by atoms with Gasteiger partial charge in [0.05, 0.1) is 22.4 Å². The smallest absolute Gasteiger partial charge is 0.338 e. The van der Waals surface area contributed by atoms with Gasteiger partial charge in [0.2, 0.25) is 0 Å². The van der Waals surface area contributed by atoms with Crippen molar-refractivity contribution in [2.75, 3.05) is 11.5 Å². The van der Waals surface area contributed by atoms with Crippen molar-refractivity contribution in [1.82, 2.24) is 0 Å². The number of benzene rings is 3. The maximum Gasteiger partial charge on any atom is 0.338 e. The molecule has 8 rings (SSSR count). The first-order valence-corrected chi connectivity index (χ1v) is 14.7. The Morgan fingerprint density at radius 2 is 1.45 bits per heavy atom. The Bertz CT molecular complexity index is 1540. The van der Waals surface area contributed by atoms with E-state index < -0.39 is 18.5 Å². The van der Waals surface area contributed by atoms with Gasteiger partial charge in [-0.05, 0) is 110 Å². The van der Waals surface area contributed by atoms with Crippen molar-refractivity contribution in [2.45, 2.75) is 43.9 Å². The molecule has 6 nitrogen and oxygen atoms in total. The van der Waals surface area contributed by atoms with Crippen LogP contribution in [0.25, 0.3) is 0 Å². The molecule has 3 aromatic rings. The minimum atomic E-state index is -0.701. The molecule has 4 saturated carbocycles. The monoisotopic (exact) mass is 597 g/mol. The molecule has 4 fully saturated rings. The minimum Gasteiger partial charge on any atom is -0.454 e. The maximum absolute atomic E-state index is 13.6. The van der Waals surface area contributed by atoms with Gasteiger partial charge in [-0.1, -0.05) is 40.2 Å². The van der Waals surface area contributed by atoms with Gasteiger partial charge >= 0.3 is 5.97 Å². The molecule has 202 valence electrons. The lowest BCUT2D eigenvalue weighted by molar-refractivity contribution is -0.00521. The van der Waals surface area contributed by atoms with Crippen LogP contribution in [0.1, 0.15) is 85.5 Å². The summed E-state index contributed by atoms with van der Waals surface area (Å²) < 4.78 is 6.09. The van der Waals surface area contributed by atoms with Crippen LogP contribution in [0.3, 0.4) is 0 Å². The number of imide groups is 1. The first-order valence-electron chi connectivity index (χ1n) is 13.9. The molecule has 0 atom stereocenters. The molecular weight excluding hydrogens is 570 g/mol. The van der Waals surface area contributed by atoms with E-state index in [2.05, 4.69) is 22.0 Å². The molecule has 0 N–H and O–H groups in total. The summed E-state index contributed by atoms with van der Waals surface area (Å²) >= 11 is 3.33. The van der Waals surface area contributed by atoms with Crippen LogP contribution in [-0.2, 0) is 10.2 Å². The van der Waals surface area contributed by atoms with Crippen molar-refractivity contribution in [2.24, 2.45) is 17.8 Å². The first-order chi connectivity index (χ1) is 19.3. The Kier molecular flexibility index (Phi) is 6.04. The zero-order chi connectivity index (χ0) is 27.6. The normalized spacial score (nSPS) is 26.2. The average molecular weight is 598 g/mol. The molecule has 1 aliphatic heterocycles. The number of halogens is 1. The van der Waals surface area contributed by atoms with Crippen LogP contribution in [0.2, 0.25) is 0 Å². The molecule has 4 aliphatic carbocycles. The molecule has 0 saturated heterocycles. The highest BCUT2D eigenvalue weighted by Gasteiger charge is 2.52. The van der Waals surface area contributed by atoms with Gasteiger partial charge in [0, 0.05) is 10.0 Å². The molecule has 4 bridgehead atoms. The second kappa shape index (κ2) is 9.51. The fraction of sp³-hybridized carbons (Fsp3) is 0.333. The highest BCUT2D eigenvalue weighted by Crippen LogP contribution is 2.60. The molecule has 7 heteroatoms. The van der Waals surface area contributed by atoms with Crippen LogP contribution in [0.5, 0.6) is 0 Å². The van der Waals surface area contributed by atoms with E-state index in [9.17, 15) is 19.2 Å². The van der Waals surface area contributed by atoms with Crippen molar-refractivity contribution in [3.63, 3.8) is 0 Å². The van der Waals surface area contributed by atoms with Gasteiger partial charge in [0.25, 0.3) is 11.8 Å². The van der Waals surface area contributed by atoms with E-state index >= 15 is 0 Å². The van der Waals surface area contributed by atoms with Crippen molar-refractivity contribution in [3.8, 4) is 0 Å². The quantitative estimate of drug-likeness (QED) is 0.178. The Morgan fingerprint density at radius 3 is 2.12 bits per heavy atom. The summed E-state index contributed by atoms with van der Waals surface area (Å²) in [7, 11) is 0. The van der Waals surface area contributed by atoms with Gasteiger partial charge in [-0.15, -0.1) is 0 Å². The van der Waals surface area contributed by atoms with Crippen molar-refractivity contribution in [3.05, 3.63) is 99.0 Å². The van der Waals surface area contributed by atoms with E-state index in [4.69, 9.17) is 4.74 Å². The number of anilines is 1. The number of fused-ring (bicyclic) bond motifs is 1. The molecule has 0 radical (unpaired) electrons. The first kappa shape index (κ1) is 25.4. The third-order valence-corrected chi connectivity index (χ3v) is 9.91. The fourth-order valence-electron chi connectivity index (χ4n) is 7.97. The van der Waals surface area contributed by atoms with E-state index in [1.807, 2.05) is 12.1 Å². The molecule has 2 amide bonds. The van der Waals surface area contributed by atoms with E-state index in [1.54, 1.807) is 42.5 Å². The summed E-state index contributed by atoms with van der Waals surface area (Å²) in [5.74, 6) is 0.540. The number of nitrogens with zero attached hydrogens (tertiary/aromatic N) is 1. The molecule has 40 heavy (non-hydrogen) atoms. The number of rotatable bonds is 6. The van der Waals surface area contributed by atoms with E-state index in [0.717, 1.165) is 27.1 Å². The summed E-state index contributed by atoms with van der Waals surface area (Å²) in [6.07, 6.45) is 7.56. The molecular formula is C33H28BrNO5. The van der Waals surface area contributed by atoms with Crippen molar-refractivity contribution < 1.29 is 23.9 Å². The SMILES string of the molecule is O=C(COC(=O)c1cccc(N2C(=O)c3ccc(C45CC6CC(CC(C6)C4)C5)cc3C2=O)c1)c1ccc(Br)cc1. The summed E-state index contributed by atoms with van der Waals surface area (Å²) in [6, 6.07) is 18.9. The zero-order valence-electron chi connectivity index (χ0n) is 21.9. The number of esters is 1. The van der Waals surface area contributed by atoms with Crippen LogP contribution < -0.4 is 4.90 Å². The molecule has 0 spiro atoms. The average Bonchev–Trinajstić information content (AvgIpc) is 3.20. The van der Waals surface area contributed by atoms with Gasteiger partial charge in [0.1, 0.15) is 0 Å². The summed E-state index contributed by atoms with van der Waals surface area (Å²) in [5, 5.41) is 0. The number of amides is 2. The summed E-state index contributed by atoms with van der Waals surface area (Å²) in [5.41, 5.74) is 3.04. The van der Waals surface area contributed by atoms with Crippen LogP contribution >= 0.6 is 15.9 Å². The number of ether oxygens (including phenoxy) is 1. The van der Waals surface area contributed by atoms with Crippen LogP contribution in [0, 0.1) is 17.8 Å². The topological polar surface area (TPSA) is 80.8 Å². The highest BCUT2D eigenvalue weighted by molar-refractivity contribution is 9.10. The fourth-order valence-corrected chi connectivity index (χ4v) is 8.24. The standard InChI is InChI=1S/C33H28BrNO5/c34-25-7-4-22(5-8-25)29(36)18-40-32(39)23-2-1-3-26(13-23)35-30(37)27-9-6-24(14-28(27)31(35)38)33-15-19-10-20(16-33)12-21(11-19)17-33/h1-9,13-14,19-21H,10-12,15-18H2. The Balaban J connectivity index is 1.10. The number of Topliss-reactive ketones (excluding diaryl/α,β-unsaturated/α-hetero) is 1. The van der Waals surface area contributed by atoms with Crippen molar-refractivity contribution >= 4 is 45.2 Å². The minimum absolute atomic E-state index is 0.123. The second-order valence-electron chi connectivity index (χ2n) is 12.0. The molecule has 1 heterocycles.